The summed E-state index contributed by atoms with van der Waals surface area (Å²) in [6, 6.07) is 12.6. The first-order valence-corrected chi connectivity index (χ1v) is 10.4. The summed E-state index contributed by atoms with van der Waals surface area (Å²) < 4.78 is 42.8. The minimum Gasteiger partial charge on any atom is -0.486 e. The van der Waals surface area contributed by atoms with Crippen LogP contribution >= 0.6 is 22.9 Å². The lowest BCUT2D eigenvalue weighted by molar-refractivity contribution is -0.123. The fraction of sp³-hybridized carbons (Fsp3) is 0.190. The first kappa shape index (κ1) is 23.6. The number of ether oxygens (including phenoxy) is 1. The quantitative estimate of drug-likeness (QED) is 0.482. The summed E-state index contributed by atoms with van der Waals surface area (Å²) in [5.41, 5.74) is 0.462. The molecule has 0 unspecified atom stereocenters. The molecule has 3 aromatic rings. The fourth-order valence-electron chi connectivity index (χ4n) is 2.65. The Balaban J connectivity index is 1.68. The molecule has 32 heavy (non-hydrogen) atoms. The normalized spacial score (nSPS) is 11.2. The van der Waals surface area contributed by atoms with Gasteiger partial charge in [0.2, 0.25) is 0 Å². The zero-order chi connectivity index (χ0) is 23.3. The van der Waals surface area contributed by atoms with Crippen LogP contribution in [0.4, 0.5) is 18.9 Å². The van der Waals surface area contributed by atoms with E-state index in [1.807, 2.05) is 0 Å². The van der Waals surface area contributed by atoms with E-state index in [9.17, 15) is 22.8 Å². The number of rotatable bonds is 7. The van der Waals surface area contributed by atoms with E-state index in [1.54, 1.807) is 42.6 Å². The summed E-state index contributed by atoms with van der Waals surface area (Å²) in [6.07, 6.45) is -4.54. The van der Waals surface area contributed by atoms with Gasteiger partial charge in [0, 0.05) is 5.02 Å². The monoisotopic (exact) mass is 483 g/mol. The Hall–Kier alpha value is -3.11. The topological polar surface area (TPSA) is 80.3 Å². The van der Waals surface area contributed by atoms with Crippen LogP contribution in [0.2, 0.25) is 5.02 Å². The molecule has 0 aliphatic carbocycles. The summed E-state index contributed by atoms with van der Waals surface area (Å²) in [7, 11) is 0. The van der Waals surface area contributed by atoms with Crippen molar-refractivity contribution in [2.75, 3.05) is 11.9 Å². The van der Waals surface area contributed by atoms with Gasteiger partial charge in [0.25, 0.3) is 11.8 Å². The number of nitrogens with one attached hydrogen (secondary N) is 2. The lowest BCUT2D eigenvalue weighted by Crippen LogP contribution is -2.34. The number of hydrogen-bond acceptors (Lipinski definition) is 5. The number of amides is 2. The van der Waals surface area contributed by atoms with Gasteiger partial charge in [0.1, 0.15) is 28.8 Å². The molecule has 1 aromatic heterocycles. The molecule has 0 fully saturated rings. The highest BCUT2D eigenvalue weighted by Crippen LogP contribution is 2.24. The van der Waals surface area contributed by atoms with E-state index in [4.69, 9.17) is 16.3 Å². The highest BCUT2D eigenvalue weighted by atomic mass is 35.5. The molecule has 0 radical (unpaired) electrons. The number of nitrogens with zero attached hydrogens (tertiary/aromatic N) is 1. The zero-order valence-electron chi connectivity index (χ0n) is 16.6. The van der Waals surface area contributed by atoms with Gasteiger partial charge < -0.3 is 15.4 Å². The van der Waals surface area contributed by atoms with Crippen molar-refractivity contribution in [3.8, 4) is 5.75 Å². The Kier molecular flexibility index (Phi) is 7.37. The van der Waals surface area contributed by atoms with E-state index < -0.39 is 24.5 Å². The Morgan fingerprint density at radius 3 is 2.47 bits per heavy atom. The van der Waals surface area contributed by atoms with Gasteiger partial charge in [-0.3, -0.25) is 9.59 Å². The number of carbonyl (C=O) groups is 2. The smallest absolute Gasteiger partial charge is 0.405 e. The molecule has 3 rings (SSSR count). The summed E-state index contributed by atoms with van der Waals surface area (Å²) in [6.45, 7) is 0.315. The van der Waals surface area contributed by atoms with Gasteiger partial charge >= 0.3 is 6.18 Å². The third-order valence-electron chi connectivity index (χ3n) is 4.09. The molecular formula is C21H17ClF3N3O3S. The summed E-state index contributed by atoms with van der Waals surface area (Å²) >= 11 is 6.95. The minimum absolute atomic E-state index is 0.0847. The molecule has 1 heterocycles. The Morgan fingerprint density at radius 2 is 1.78 bits per heavy atom. The van der Waals surface area contributed by atoms with Crippen LogP contribution in [0.25, 0.3) is 0 Å². The predicted molar refractivity (Wildman–Crippen MR) is 115 cm³/mol. The van der Waals surface area contributed by atoms with E-state index in [0.29, 0.717) is 26.4 Å². The number of hydrogen-bond donors (Lipinski definition) is 2. The van der Waals surface area contributed by atoms with Crippen LogP contribution in [-0.2, 0) is 6.61 Å². The van der Waals surface area contributed by atoms with Crippen LogP contribution in [0.1, 0.15) is 30.7 Å². The van der Waals surface area contributed by atoms with E-state index in [2.05, 4.69) is 10.3 Å². The van der Waals surface area contributed by atoms with Gasteiger partial charge in [0.05, 0.1) is 16.9 Å². The lowest BCUT2D eigenvalue weighted by atomic mass is 10.1. The number of halogens is 4. The van der Waals surface area contributed by atoms with Crippen molar-refractivity contribution in [3.63, 3.8) is 0 Å². The van der Waals surface area contributed by atoms with Gasteiger partial charge in [-0.25, -0.2) is 4.98 Å². The molecule has 2 N–H and O–H groups in total. The second kappa shape index (κ2) is 10.0. The molecule has 0 aliphatic rings. The van der Waals surface area contributed by atoms with Crippen LogP contribution < -0.4 is 15.4 Å². The van der Waals surface area contributed by atoms with Crippen LogP contribution in [-0.4, -0.2) is 29.5 Å². The summed E-state index contributed by atoms with van der Waals surface area (Å²) in [5.74, 6) is -0.892. The van der Waals surface area contributed by atoms with Gasteiger partial charge in [-0.1, -0.05) is 23.7 Å². The number of alkyl halides is 3. The molecule has 0 spiro atoms. The van der Waals surface area contributed by atoms with Crippen molar-refractivity contribution < 1.29 is 27.5 Å². The van der Waals surface area contributed by atoms with Crippen molar-refractivity contribution in [1.29, 1.82) is 0 Å². The highest BCUT2D eigenvalue weighted by molar-refractivity contribution is 7.13. The Labute approximate surface area is 190 Å². The SMILES string of the molecule is Cc1nc(COc2ccc(Cl)cc2)sc1C(=O)Nc1ccccc1C(=O)NCC(F)(F)F. The highest BCUT2D eigenvalue weighted by Gasteiger charge is 2.28. The molecule has 0 bridgehead atoms. The third-order valence-corrected chi connectivity index (χ3v) is 5.47. The molecule has 6 nitrogen and oxygen atoms in total. The minimum atomic E-state index is -4.54. The molecule has 0 saturated carbocycles. The number of benzene rings is 2. The molecule has 2 amide bonds. The van der Waals surface area contributed by atoms with Gasteiger partial charge in [0.15, 0.2) is 0 Å². The molecule has 168 valence electrons. The molecule has 0 atom stereocenters. The number of carbonyl (C=O) groups excluding carboxylic acids is 2. The largest absolute Gasteiger partial charge is 0.486 e. The maximum absolute atomic E-state index is 12.7. The van der Waals surface area contributed by atoms with E-state index >= 15 is 0 Å². The number of anilines is 1. The van der Waals surface area contributed by atoms with Crippen molar-refractivity contribution in [3.05, 3.63) is 74.7 Å². The molecule has 0 saturated heterocycles. The summed E-state index contributed by atoms with van der Waals surface area (Å²) in [5, 5.41) is 5.50. The number of thiazole rings is 1. The van der Waals surface area contributed by atoms with Gasteiger partial charge in [-0.2, -0.15) is 13.2 Å². The molecular weight excluding hydrogens is 467 g/mol. The van der Waals surface area contributed by atoms with Crippen molar-refractivity contribution in [2.24, 2.45) is 0 Å². The average molecular weight is 484 g/mol. The van der Waals surface area contributed by atoms with Crippen molar-refractivity contribution >= 4 is 40.4 Å². The van der Waals surface area contributed by atoms with Gasteiger partial charge in [-0.15, -0.1) is 11.3 Å². The fourth-order valence-corrected chi connectivity index (χ4v) is 3.64. The van der Waals surface area contributed by atoms with Crippen LogP contribution in [0.15, 0.2) is 48.5 Å². The molecule has 11 heteroatoms. The van der Waals surface area contributed by atoms with E-state index in [0.717, 1.165) is 11.3 Å². The second-order valence-electron chi connectivity index (χ2n) is 6.56. The maximum Gasteiger partial charge on any atom is 0.405 e. The van der Waals surface area contributed by atoms with Crippen molar-refractivity contribution in [2.45, 2.75) is 19.7 Å². The lowest BCUT2D eigenvalue weighted by Gasteiger charge is -2.12. The number of para-hydroxylation sites is 1. The number of aromatic nitrogens is 1. The van der Waals surface area contributed by atoms with Crippen LogP contribution in [0, 0.1) is 6.92 Å². The third kappa shape index (κ3) is 6.44. The van der Waals surface area contributed by atoms with E-state index in [-0.39, 0.29) is 17.9 Å². The van der Waals surface area contributed by atoms with Gasteiger partial charge in [-0.05, 0) is 43.3 Å². The zero-order valence-corrected chi connectivity index (χ0v) is 18.2. The molecule has 2 aromatic carbocycles. The maximum atomic E-state index is 12.7. The Morgan fingerprint density at radius 1 is 1.09 bits per heavy atom. The van der Waals surface area contributed by atoms with Crippen molar-refractivity contribution in [1.82, 2.24) is 10.3 Å². The number of aryl methyl sites for hydroxylation is 1. The van der Waals surface area contributed by atoms with Crippen LogP contribution in [0.3, 0.4) is 0 Å². The van der Waals surface area contributed by atoms with E-state index in [1.165, 1.54) is 18.2 Å². The molecule has 0 aliphatic heterocycles. The van der Waals surface area contributed by atoms with Crippen LogP contribution in [0.5, 0.6) is 5.75 Å². The summed E-state index contributed by atoms with van der Waals surface area (Å²) in [4.78, 5) is 29.5. The second-order valence-corrected chi connectivity index (χ2v) is 8.08. The predicted octanol–water partition coefficient (Wildman–Crippen LogP) is 5.23. The standard InChI is InChI=1S/C21H17ClF3N3O3S/c1-12-18(32-17(27-12)10-31-14-8-6-13(22)7-9-14)20(30)28-16-5-3-2-4-15(16)19(29)26-11-21(23,24)25/h2-9H,10-11H2,1H3,(H,26,29)(H,28,30). The average Bonchev–Trinajstić information content (AvgIpc) is 3.12. The Bertz CT molecular complexity index is 1120. The first-order valence-electron chi connectivity index (χ1n) is 9.22. The first-order chi connectivity index (χ1) is 15.1.